The lowest BCUT2D eigenvalue weighted by Crippen LogP contribution is -2.34. The van der Waals surface area contributed by atoms with E-state index < -0.39 is 0 Å². The summed E-state index contributed by atoms with van der Waals surface area (Å²) in [6.07, 6.45) is 6.99. The molecule has 1 heterocycles. The molecule has 2 rings (SSSR count). The lowest BCUT2D eigenvalue weighted by Gasteiger charge is -2.33. The highest BCUT2D eigenvalue weighted by atomic mass is 14.7. The second-order valence-corrected chi connectivity index (χ2v) is 5.09. The molecule has 0 radical (unpaired) electrons. The molecule has 3 atom stereocenters. The molecule has 1 aliphatic carbocycles. The first-order valence-corrected chi connectivity index (χ1v) is 6.38. The summed E-state index contributed by atoms with van der Waals surface area (Å²) in [5.41, 5.74) is 8.65. The van der Waals surface area contributed by atoms with Crippen LogP contribution < -0.4 is 5.73 Å². The smallest absolute Gasteiger partial charge is 0.0372 e. The fourth-order valence-electron chi connectivity index (χ4n) is 2.73. The lowest BCUT2D eigenvalue weighted by molar-refractivity contribution is 0.282. The molecule has 0 aromatic carbocycles. The largest absolute Gasteiger partial charge is 0.327 e. The first kappa shape index (κ1) is 11.6. The summed E-state index contributed by atoms with van der Waals surface area (Å²) >= 11 is 0. The number of rotatable bonds is 2. The van der Waals surface area contributed by atoms with Crippen LogP contribution in [0.1, 0.15) is 49.8 Å². The number of hydrogen-bond donors (Lipinski definition) is 1. The minimum atomic E-state index is 0.326. The third-order valence-corrected chi connectivity index (χ3v) is 3.95. The molecule has 1 saturated carbocycles. The van der Waals surface area contributed by atoms with Crippen LogP contribution in [0.25, 0.3) is 0 Å². The number of aromatic nitrogens is 1. The van der Waals surface area contributed by atoms with Crippen LogP contribution in [0.15, 0.2) is 18.3 Å². The van der Waals surface area contributed by atoms with Crippen molar-refractivity contribution in [1.82, 2.24) is 4.98 Å². The van der Waals surface area contributed by atoms with Crippen LogP contribution in [0.4, 0.5) is 0 Å². The topological polar surface area (TPSA) is 38.9 Å². The average Bonchev–Trinajstić information content (AvgIpc) is 2.31. The summed E-state index contributed by atoms with van der Waals surface area (Å²) in [5.74, 6) is 1.37. The van der Waals surface area contributed by atoms with Crippen LogP contribution in [0, 0.1) is 12.8 Å². The van der Waals surface area contributed by atoms with Gasteiger partial charge in [-0.2, -0.15) is 0 Å². The van der Waals surface area contributed by atoms with Gasteiger partial charge in [-0.1, -0.05) is 19.4 Å². The van der Waals surface area contributed by atoms with E-state index in [9.17, 15) is 0 Å². The lowest BCUT2D eigenvalue weighted by atomic mass is 9.74. The van der Waals surface area contributed by atoms with Crippen LogP contribution in [-0.2, 0) is 0 Å². The minimum absolute atomic E-state index is 0.326. The zero-order valence-electron chi connectivity index (χ0n) is 10.3. The van der Waals surface area contributed by atoms with Gasteiger partial charge in [-0.3, -0.25) is 4.98 Å². The number of nitrogens with two attached hydrogens (primary N) is 1. The van der Waals surface area contributed by atoms with Gasteiger partial charge in [-0.15, -0.1) is 0 Å². The Kier molecular flexibility index (Phi) is 3.59. The van der Waals surface area contributed by atoms with Crippen LogP contribution in [-0.4, -0.2) is 11.0 Å². The Balaban J connectivity index is 2.14. The molecule has 2 heteroatoms. The summed E-state index contributed by atoms with van der Waals surface area (Å²) in [4.78, 5) is 4.38. The Morgan fingerprint density at radius 3 is 2.81 bits per heavy atom. The highest BCUT2D eigenvalue weighted by Gasteiger charge is 2.28. The Morgan fingerprint density at radius 2 is 2.19 bits per heavy atom. The number of pyridine rings is 1. The number of hydrogen-bond acceptors (Lipinski definition) is 2. The van der Waals surface area contributed by atoms with Gasteiger partial charge in [0.15, 0.2) is 0 Å². The van der Waals surface area contributed by atoms with Crippen molar-refractivity contribution < 1.29 is 0 Å². The van der Waals surface area contributed by atoms with Crippen molar-refractivity contribution in [2.45, 2.75) is 51.5 Å². The first-order valence-electron chi connectivity index (χ1n) is 6.38. The Hall–Kier alpha value is -0.890. The molecule has 1 aliphatic rings. The highest BCUT2D eigenvalue weighted by Crippen LogP contribution is 2.36. The molecule has 1 aromatic rings. The van der Waals surface area contributed by atoms with Crippen LogP contribution in [0.2, 0.25) is 0 Å². The van der Waals surface area contributed by atoms with Gasteiger partial charge < -0.3 is 5.73 Å². The van der Waals surface area contributed by atoms with Crippen molar-refractivity contribution in [3.8, 4) is 0 Å². The van der Waals surface area contributed by atoms with E-state index in [1.807, 2.05) is 13.1 Å². The quantitative estimate of drug-likeness (QED) is 0.828. The molecule has 16 heavy (non-hydrogen) atoms. The maximum absolute atomic E-state index is 6.24. The highest BCUT2D eigenvalue weighted by molar-refractivity contribution is 5.20. The minimum Gasteiger partial charge on any atom is -0.327 e. The van der Waals surface area contributed by atoms with E-state index >= 15 is 0 Å². The molecule has 88 valence electrons. The van der Waals surface area contributed by atoms with Crippen LogP contribution in [0.3, 0.4) is 0 Å². The molecule has 2 nitrogen and oxygen atoms in total. The fraction of sp³-hybridized carbons (Fsp3) is 0.643. The Morgan fingerprint density at radius 1 is 1.38 bits per heavy atom. The van der Waals surface area contributed by atoms with E-state index in [1.54, 1.807) is 0 Å². The van der Waals surface area contributed by atoms with Gasteiger partial charge in [0.05, 0.1) is 0 Å². The second kappa shape index (κ2) is 4.96. The third-order valence-electron chi connectivity index (χ3n) is 3.95. The molecular weight excluding hydrogens is 196 g/mol. The van der Waals surface area contributed by atoms with Crippen molar-refractivity contribution in [3.63, 3.8) is 0 Å². The summed E-state index contributed by atoms with van der Waals surface area (Å²) < 4.78 is 0. The standard InChI is InChI=1S/C14H22N2/c1-3-11-5-7-14(15)13(8-11)12-6-4-10(2)16-9-12/h4,6,9,11,13-14H,3,5,7-8,15H2,1-2H3. The van der Waals surface area contributed by atoms with Gasteiger partial charge >= 0.3 is 0 Å². The van der Waals surface area contributed by atoms with Crippen molar-refractivity contribution in [2.75, 3.05) is 0 Å². The van der Waals surface area contributed by atoms with Gasteiger partial charge in [-0.05, 0) is 43.7 Å². The summed E-state index contributed by atoms with van der Waals surface area (Å²) in [6, 6.07) is 4.62. The van der Waals surface area contributed by atoms with Crippen molar-refractivity contribution in [3.05, 3.63) is 29.6 Å². The molecule has 0 aliphatic heterocycles. The van der Waals surface area contributed by atoms with E-state index in [-0.39, 0.29) is 0 Å². The van der Waals surface area contributed by atoms with Gasteiger partial charge in [0, 0.05) is 23.9 Å². The summed E-state index contributed by atoms with van der Waals surface area (Å²) in [5, 5.41) is 0. The molecule has 0 spiro atoms. The molecule has 0 amide bonds. The molecule has 1 aromatic heterocycles. The monoisotopic (exact) mass is 218 g/mol. The molecule has 2 N–H and O–H groups in total. The number of nitrogens with zero attached hydrogens (tertiary/aromatic N) is 1. The van der Waals surface area contributed by atoms with Crippen LogP contribution in [0.5, 0.6) is 0 Å². The van der Waals surface area contributed by atoms with E-state index in [4.69, 9.17) is 5.73 Å². The van der Waals surface area contributed by atoms with Crippen molar-refractivity contribution in [1.29, 1.82) is 0 Å². The van der Waals surface area contributed by atoms with Gasteiger partial charge in [0.1, 0.15) is 0 Å². The second-order valence-electron chi connectivity index (χ2n) is 5.09. The van der Waals surface area contributed by atoms with E-state index in [1.165, 1.54) is 24.8 Å². The average molecular weight is 218 g/mol. The van der Waals surface area contributed by atoms with Crippen molar-refractivity contribution >= 4 is 0 Å². The molecule has 0 saturated heterocycles. The maximum atomic E-state index is 6.24. The molecule has 3 unspecified atom stereocenters. The predicted octanol–water partition coefficient (Wildman–Crippen LogP) is 3.01. The predicted molar refractivity (Wildman–Crippen MR) is 67.3 cm³/mol. The van der Waals surface area contributed by atoms with E-state index in [0.29, 0.717) is 12.0 Å². The number of aryl methyl sites for hydroxylation is 1. The SMILES string of the molecule is CCC1CCC(N)C(c2ccc(C)nc2)C1. The zero-order chi connectivity index (χ0) is 11.5. The third kappa shape index (κ3) is 2.43. The molecular formula is C14H22N2. The van der Waals surface area contributed by atoms with Crippen molar-refractivity contribution in [2.24, 2.45) is 11.7 Å². The fourth-order valence-corrected chi connectivity index (χ4v) is 2.73. The Labute approximate surface area is 98.3 Å². The summed E-state index contributed by atoms with van der Waals surface area (Å²) in [7, 11) is 0. The first-order chi connectivity index (χ1) is 7.70. The van der Waals surface area contributed by atoms with Gasteiger partial charge in [0.25, 0.3) is 0 Å². The molecule has 1 fully saturated rings. The normalized spacial score (nSPS) is 30.3. The van der Waals surface area contributed by atoms with Gasteiger partial charge in [-0.25, -0.2) is 0 Å². The van der Waals surface area contributed by atoms with Crippen LogP contribution >= 0.6 is 0 Å². The summed E-state index contributed by atoms with van der Waals surface area (Å²) in [6.45, 7) is 4.31. The van der Waals surface area contributed by atoms with E-state index in [2.05, 4.69) is 24.0 Å². The van der Waals surface area contributed by atoms with E-state index in [0.717, 1.165) is 18.0 Å². The molecule has 0 bridgehead atoms. The zero-order valence-corrected chi connectivity index (χ0v) is 10.3. The van der Waals surface area contributed by atoms with Gasteiger partial charge in [0.2, 0.25) is 0 Å². The maximum Gasteiger partial charge on any atom is 0.0372 e. The Bertz CT molecular complexity index is 331.